The summed E-state index contributed by atoms with van der Waals surface area (Å²) in [6.07, 6.45) is 5.61. The number of rotatable bonds is 1. The van der Waals surface area contributed by atoms with E-state index >= 15 is 0 Å². The fourth-order valence-electron chi connectivity index (χ4n) is 3.92. The van der Waals surface area contributed by atoms with Crippen LogP contribution in [0.2, 0.25) is 0 Å². The highest BCUT2D eigenvalue weighted by Crippen LogP contribution is 2.45. The Morgan fingerprint density at radius 3 is 2.68 bits per heavy atom. The summed E-state index contributed by atoms with van der Waals surface area (Å²) in [5.41, 5.74) is 9.83. The van der Waals surface area contributed by atoms with E-state index in [4.69, 9.17) is 0 Å². The number of hydrogen-bond donors (Lipinski definition) is 0. The zero-order valence-corrected chi connectivity index (χ0v) is 12.2. The van der Waals surface area contributed by atoms with E-state index in [-0.39, 0.29) is 0 Å². The van der Waals surface area contributed by atoms with Crippen LogP contribution in [0.15, 0.2) is 66.7 Å². The Bertz CT molecular complexity index is 915. The molecular formula is C22H15. The molecule has 1 unspecified atom stereocenters. The van der Waals surface area contributed by atoms with Crippen LogP contribution in [-0.4, -0.2) is 0 Å². The normalized spacial score (nSPS) is 17.2. The summed E-state index contributed by atoms with van der Waals surface area (Å²) in [5, 5.41) is 0. The molecule has 103 valence electrons. The smallest absolute Gasteiger partial charge is 0.0285 e. The van der Waals surface area contributed by atoms with Gasteiger partial charge in [0.05, 0.1) is 0 Å². The molecule has 0 amide bonds. The molecule has 1 atom stereocenters. The zero-order chi connectivity index (χ0) is 14.5. The average molecular weight is 279 g/mol. The van der Waals surface area contributed by atoms with Gasteiger partial charge in [-0.25, -0.2) is 0 Å². The van der Waals surface area contributed by atoms with Crippen LogP contribution in [0.25, 0.3) is 17.2 Å². The van der Waals surface area contributed by atoms with E-state index in [1.807, 2.05) is 0 Å². The van der Waals surface area contributed by atoms with Crippen LogP contribution in [-0.2, 0) is 6.42 Å². The standard InChI is InChI=1S/C22H15/c1-3-9-18-15(6-1)12-13-20(18)21-11-5-8-17-14-16-7-2-4-10-19(16)22(17)21/h1-4,6-13,20H,14H2. The number of benzene rings is 3. The first-order chi connectivity index (χ1) is 10.9. The number of hydrogen-bond acceptors (Lipinski definition) is 0. The van der Waals surface area contributed by atoms with Crippen LogP contribution in [0, 0.1) is 6.07 Å². The Morgan fingerprint density at radius 2 is 1.68 bits per heavy atom. The van der Waals surface area contributed by atoms with Gasteiger partial charge >= 0.3 is 0 Å². The van der Waals surface area contributed by atoms with Gasteiger partial charge in [0.15, 0.2) is 0 Å². The van der Waals surface area contributed by atoms with Crippen molar-refractivity contribution in [3.63, 3.8) is 0 Å². The van der Waals surface area contributed by atoms with Crippen LogP contribution >= 0.6 is 0 Å². The lowest BCUT2D eigenvalue weighted by molar-refractivity contribution is 1.05. The third-order valence-corrected chi connectivity index (χ3v) is 4.91. The van der Waals surface area contributed by atoms with E-state index in [1.54, 1.807) is 0 Å². The fraction of sp³-hybridized carbons (Fsp3) is 0.0909. The fourth-order valence-corrected chi connectivity index (χ4v) is 3.92. The summed E-state index contributed by atoms with van der Waals surface area (Å²) >= 11 is 0. The van der Waals surface area contributed by atoms with Gasteiger partial charge in [0, 0.05) is 5.92 Å². The molecule has 2 aliphatic rings. The van der Waals surface area contributed by atoms with E-state index < -0.39 is 0 Å². The van der Waals surface area contributed by atoms with E-state index in [9.17, 15) is 0 Å². The molecule has 0 aliphatic heterocycles. The van der Waals surface area contributed by atoms with Gasteiger partial charge in [-0.1, -0.05) is 66.7 Å². The van der Waals surface area contributed by atoms with Gasteiger partial charge in [-0.05, 0) is 57.5 Å². The van der Waals surface area contributed by atoms with Crippen molar-refractivity contribution in [3.8, 4) is 11.1 Å². The topological polar surface area (TPSA) is 0 Å². The second-order valence-electron chi connectivity index (χ2n) is 6.11. The predicted octanol–water partition coefficient (Wildman–Crippen LogP) is 5.22. The molecule has 3 aromatic carbocycles. The van der Waals surface area contributed by atoms with Crippen molar-refractivity contribution in [1.29, 1.82) is 0 Å². The first kappa shape index (κ1) is 12.0. The third kappa shape index (κ3) is 1.58. The molecule has 0 heteroatoms. The van der Waals surface area contributed by atoms with Crippen molar-refractivity contribution < 1.29 is 0 Å². The number of fused-ring (bicyclic) bond motifs is 4. The largest absolute Gasteiger partial charge is 0.0720 e. The Morgan fingerprint density at radius 1 is 0.818 bits per heavy atom. The molecule has 0 heterocycles. The van der Waals surface area contributed by atoms with Crippen molar-refractivity contribution in [2.45, 2.75) is 12.3 Å². The SMILES string of the molecule is [c]1cc2c(c(C3C=Cc4ccccc43)c1)-c1ccccc1C2. The highest BCUT2D eigenvalue weighted by Gasteiger charge is 2.26. The van der Waals surface area contributed by atoms with Crippen LogP contribution in [0.1, 0.15) is 33.7 Å². The molecule has 22 heavy (non-hydrogen) atoms. The first-order valence-corrected chi connectivity index (χ1v) is 7.80. The van der Waals surface area contributed by atoms with Gasteiger partial charge in [-0.15, -0.1) is 0 Å². The maximum absolute atomic E-state index is 3.37. The van der Waals surface area contributed by atoms with Crippen LogP contribution in [0.3, 0.4) is 0 Å². The monoisotopic (exact) mass is 279 g/mol. The Kier molecular flexibility index (Phi) is 2.42. The Hall–Kier alpha value is -2.60. The summed E-state index contributed by atoms with van der Waals surface area (Å²) in [6.45, 7) is 0. The maximum atomic E-state index is 3.37. The van der Waals surface area contributed by atoms with Crippen molar-refractivity contribution in [3.05, 3.63) is 101 Å². The minimum absolute atomic E-state index is 0.355. The minimum atomic E-state index is 0.355. The second kappa shape index (κ2) is 4.45. The molecule has 0 N–H and O–H groups in total. The first-order valence-electron chi connectivity index (χ1n) is 7.80. The molecule has 1 radical (unpaired) electrons. The molecule has 3 aromatic rings. The van der Waals surface area contributed by atoms with Crippen molar-refractivity contribution in [1.82, 2.24) is 0 Å². The van der Waals surface area contributed by atoms with E-state index in [0.717, 1.165) is 6.42 Å². The summed E-state index contributed by atoms with van der Waals surface area (Å²) in [7, 11) is 0. The molecule has 2 aliphatic carbocycles. The van der Waals surface area contributed by atoms with Crippen LogP contribution < -0.4 is 0 Å². The summed E-state index contributed by atoms with van der Waals surface area (Å²) in [6, 6.07) is 25.2. The van der Waals surface area contributed by atoms with E-state index in [2.05, 4.69) is 78.9 Å². The molecule has 0 aromatic heterocycles. The predicted molar refractivity (Wildman–Crippen MR) is 90.8 cm³/mol. The molecule has 0 saturated carbocycles. The quantitative estimate of drug-likeness (QED) is 0.448. The van der Waals surface area contributed by atoms with Crippen molar-refractivity contribution in [2.24, 2.45) is 0 Å². The second-order valence-corrected chi connectivity index (χ2v) is 6.11. The van der Waals surface area contributed by atoms with Gasteiger partial charge in [-0.2, -0.15) is 0 Å². The number of allylic oxidation sites excluding steroid dienone is 1. The molecule has 0 bridgehead atoms. The summed E-state index contributed by atoms with van der Waals surface area (Å²) in [5.74, 6) is 0.355. The molecule has 0 fully saturated rings. The lowest BCUT2D eigenvalue weighted by Crippen LogP contribution is -1.99. The van der Waals surface area contributed by atoms with Crippen LogP contribution in [0.4, 0.5) is 0 Å². The summed E-state index contributed by atoms with van der Waals surface area (Å²) in [4.78, 5) is 0. The average Bonchev–Trinajstić information content (AvgIpc) is 3.16. The highest BCUT2D eigenvalue weighted by atomic mass is 14.3. The molecule has 0 saturated heterocycles. The summed E-state index contributed by atoms with van der Waals surface area (Å²) < 4.78 is 0. The van der Waals surface area contributed by atoms with E-state index in [1.165, 1.54) is 38.9 Å². The van der Waals surface area contributed by atoms with Gasteiger partial charge in [-0.3, -0.25) is 0 Å². The van der Waals surface area contributed by atoms with Crippen molar-refractivity contribution >= 4 is 6.08 Å². The van der Waals surface area contributed by atoms with Crippen LogP contribution in [0.5, 0.6) is 0 Å². The molecule has 5 rings (SSSR count). The van der Waals surface area contributed by atoms with Gasteiger partial charge in [0.2, 0.25) is 0 Å². The third-order valence-electron chi connectivity index (χ3n) is 4.91. The Labute approximate surface area is 130 Å². The lowest BCUT2D eigenvalue weighted by Gasteiger charge is -2.16. The Balaban J connectivity index is 1.74. The van der Waals surface area contributed by atoms with Gasteiger partial charge in [0.25, 0.3) is 0 Å². The minimum Gasteiger partial charge on any atom is -0.0720 e. The molecule has 0 nitrogen and oxygen atoms in total. The maximum Gasteiger partial charge on any atom is 0.0285 e. The van der Waals surface area contributed by atoms with E-state index in [0.29, 0.717) is 5.92 Å². The zero-order valence-electron chi connectivity index (χ0n) is 12.2. The van der Waals surface area contributed by atoms with Gasteiger partial charge in [0.1, 0.15) is 0 Å². The molecular weight excluding hydrogens is 264 g/mol. The van der Waals surface area contributed by atoms with Crippen molar-refractivity contribution in [2.75, 3.05) is 0 Å². The highest BCUT2D eigenvalue weighted by molar-refractivity contribution is 5.82. The lowest BCUT2D eigenvalue weighted by atomic mass is 9.87. The van der Waals surface area contributed by atoms with Gasteiger partial charge < -0.3 is 0 Å². The molecule has 0 spiro atoms.